The van der Waals surface area contributed by atoms with Crippen molar-refractivity contribution in [3.8, 4) is 5.75 Å². The van der Waals surface area contributed by atoms with Crippen molar-refractivity contribution < 1.29 is 31.1 Å². The Hall–Kier alpha value is -2.11. The first kappa shape index (κ1) is 20.6. The summed E-state index contributed by atoms with van der Waals surface area (Å²) in [7, 11) is -3.87. The number of halogens is 3. The number of carbonyl (C=O) groups excluding carboxylic acids is 1. The average Bonchev–Trinajstić information content (AvgIpc) is 3.07. The summed E-state index contributed by atoms with van der Waals surface area (Å²) in [6, 6.07) is 7.66. The number of ether oxygens (including phenoxy) is 1. The van der Waals surface area contributed by atoms with Crippen molar-refractivity contribution in [3.63, 3.8) is 0 Å². The molecule has 3 rings (SSSR count). The molecule has 28 heavy (non-hydrogen) atoms. The number of piperazine rings is 1. The molecule has 6 nitrogen and oxygen atoms in total. The molecule has 1 aromatic carbocycles. The summed E-state index contributed by atoms with van der Waals surface area (Å²) >= 11 is 1.38. The summed E-state index contributed by atoms with van der Waals surface area (Å²) in [5, 5.41) is 0. The minimum absolute atomic E-state index is 0.110. The molecule has 0 N–H and O–H groups in total. The van der Waals surface area contributed by atoms with Crippen molar-refractivity contribution in [2.24, 2.45) is 0 Å². The molecular formula is C17H17F3N2O4S2. The van der Waals surface area contributed by atoms with Crippen molar-refractivity contribution in [2.75, 3.05) is 26.2 Å². The van der Waals surface area contributed by atoms with Crippen LogP contribution in [0.5, 0.6) is 5.75 Å². The second-order valence-corrected chi connectivity index (χ2v) is 9.35. The molecule has 0 unspecified atom stereocenters. The Morgan fingerprint density at radius 3 is 2.14 bits per heavy atom. The molecule has 2 aromatic rings. The normalized spacial score (nSPS) is 16.2. The highest BCUT2D eigenvalue weighted by molar-refractivity contribution is 7.89. The number of thiophene rings is 1. The molecule has 152 valence electrons. The Balaban J connectivity index is 1.65. The number of hydrogen-bond acceptors (Lipinski definition) is 5. The predicted molar refractivity (Wildman–Crippen MR) is 96.8 cm³/mol. The lowest BCUT2D eigenvalue weighted by Crippen LogP contribution is -2.50. The molecule has 0 bridgehead atoms. The quantitative estimate of drug-likeness (QED) is 0.742. The van der Waals surface area contributed by atoms with E-state index in [0.717, 1.165) is 29.1 Å². The van der Waals surface area contributed by atoms with Crippen molar-refractivity contribution in [1.29, 1.82) is 0 Å². The Morgan fingerprint density at radius 1 is 1.04 bits per heavy atom. The van der Waals surface area contributed by atoms with Gasteiger partial charge in [0.15, 0.2) is 0 Å². The van der Waals surface area contributed by atoms with Crippen LogP contribution < -0.4 is 4.74 Å². The fourth-order valence-corrected chi connectivity index (χ4v) is 5.06. The van der Waals surface area contributed by atoms with E-state index >= 15 is 0 Å². The third-order valence-electron chi connectivity index (χ3n) is 4.17. The van der Waals surface area contributed by atoms with Gasteiger partial charge in [0.25, 0.3) is 5.91 Å². The van der Waals surface area contributed by atoms with Crippen molar-refractivity contribution in [1.82, 2.24) is 9.21 Å². The second-order valence-electron chi connectivity index (χ2n) is 6.13. The summed E-state index contributed by atoms with van der Waals surface area (Å²) < 4.78 is 67.0. The van der Waals surface area contributed by atoms with Gasteiger partial charge < -0.3 is 9.64 Å². The Kier molecular flexibility index (Phi) is 5.69. The molecule has 1 saturated heterocycles. The highest BCUT2D eigenvalue weighted by Crippen LogP contribution is 2.26. The molecule has 0 saturated carbocycles. The summed E-state index contributed by atoms with van der Waals surface area (Å²) in [5.41, 5.74) is 0. The van der Waals surface area contributed by atoms with Gasteiger partial charge in [-0.25, -0.2) is 8.42 Å². The maximum absolute atomic E-state index is 12.7. The third-order valence-corrected chi connectivity index (χ3v) is 7.07. The molecule has 1 fully saturated rings. The lowest BCUT2D eigenvalue weighted by atomic mass is 10.3. The predicted octanol–water partition coefficient (Wildman–Crippen LogP) is 3.10. The third kappa shape index (κ3) is 4.65. The number of rotatable bonds is 4. The van der Waals surface area contributed by atoms with Gasteiger partial charge >= 0.3 is 6.36 Å². The zero-order valence-corrected chi connectivity index (χ0v) is 16.4. The largest absolute Gasteiger partial charge is 0.573 e. The summed E-state index contributed by atoms with van der Waals surface area (Å²) in [4.78, 5) is 15.5. The van der Waals surface area contributed by atoms with E-state index in [0.29, 0.717) is 4.88 Å². The van der Waals surface area contributed by atoms with Crippen LogP contribution >= 0.6 is 11.3 Å². The monoisotopic (exact) mass is 434 g/mol. The van der Waals surface area contributed by atoms with E-state index in [1.165, 1.54) is 15.6 Å². The molecule has 1 amide bonds. The van der Waals surface area contributed by atoms with Gasteiger partial charge in [-0.05, 0) is 43.3 Å². The van der Waals surface area contributed by atoms with Crippen LogP contribution in [-0.2, 0) is 10.0 Å². The number of alkyl halides is 3. The van der Waals surface area contributed by atoms with E-state index in [1.54, 1.807) is 11.0 Å². The minimum Gasteiger partial charge on any atom is -0.406 e. The van der Waals surface area contributed by atoms with Crippen LogP contribution in [0.3, 0.4) is 0 Å². The highest BCUT2D eigenvalue weighted by atomic mass is 32.2. The van der Waals surface area contributed by atoms with Crippen LogP contribution in [0.15, 0.2) is 41.3 Å². The van der Waals surface area contributed by atoms with Gasteiger partial charge in [-0.1, -0.05) is 0 Å². The van der Waals surface area contributed by atoms with Gasteiger partial charge in [0.1, 0.15) is 5.75 Å². The number of benzene rings is 1. The van der Waals surface area contributed by atoms with Crippen LogP contribution in [0.25, 0.3) is 0 Å². The van der Waals surface area contributed by atoms with E-state index in [9.17, 15) is 26.4 Å². The Labute approximate surface area is 164 Å². The average molecular weight is 434 g/mol. The molecule has 0 radical (unpaired) electrons. The van der Waals surface area contributed by atoms with E-state index in [2.05, 4.69) is 4.74 Å². The van der Waals surface area contributed by atoms with Crippen molar-refractivity contribution in [3.05, 3.63) is 46.2 Å². The standard InChI is InChI=1S/C17H17F3N2O4S2/c1-12-2-7-15(27-12)16(23)21-8-10-22(11-9-21)28(24,25)14-5-3-13(4-6-14)26-17(18,19)20/h2-7H,8-11H2,1H3. The zero-order chi connectivity index (χ0) is 20.5. The first-order valence-corrected chi connectivity index (χ1v) is 10.5. The van der Waals surface area contributed by atoms with Crippen LogP contribution in [0.1, 0.15) is 14.5 Å². The van der Waals surface area contributed by atoms with E-state index < -0.39 is 22.1 Å². The molecule has 0 spiro atoms. The molecule has 1 aliphatic rings. The molecule has 1 aromatic heterocycles. The molecule has 0 atom stereocenters. The second kappa shape index (κ2) is 7.72. The topological polar surface area (TPSA) is 66.9 Å². The van der Waals surface area contributed by atoms with E-state index in [-0.39, 0.29) is 37.0 Å². The lowest BCUT2D eigenvalue weighted by molar-refractivity contribution is -0.274. The number of carbonyl (C=O) groups is 1. The fourth-order valence-electron chi connectivity index (χ4n) is 2.80. The number of sulfonamides is 1. The van der Waals surface area contributed by atoms with E-state index in [4.69, 9.17) is 0 Å². The van der Waals surface area contributed by atoms with Gasteiger partial charge in [0.2, 0.25) is 10.0 Å². The summed E-state index contributed by atoms with van der Waals surface area (Å²) in [6.07, 6.45) is -4.84. The Morgan fingerprint density at radius 2 is 1.64 bits per heavy atom. The molecular weight excluding hydrogens is 417 g/mol. The minimum atomic E-state index is -4.84. The van der Waals surface area contributed by atoms with Crippen LogP contribution in [0.4, 0.5) is 13.2 Å². The van der Waals surface area contributed by atoms with Crippen LogP contribution in [0.2, 0.25) is 0 Å². The van der Waals surface area contributed by atoms with Crippen LogP contribution in [-0.4, -0.2) is 56.1 Å². The van der Waals surface area contributed by atoms with Crippen molar-refractivity contribution in [2.45, 2.75) is 18.2 Å². The SMILES string of the molecule is Cc1ccc(C(=O)N2CCN(S(=O)(=O)c3ccc(OC(F)(F)F)cc3)CC2)s1. The van der Waals surface area contributed by atoms with Gasteiger partial charge in [-0.2, -0.15) is 4.31 Å². The molecule has 2 heterocycles. The van der Waals surface area contributed by atoms with E-state index in [1.807, 2.05) is 13.0 Å². The van der Waals surface area contributed by atoms with Gasteiger partial charge in [0, 0.05) is 31.1 Å². The van der Waals surface area contributed by atoms with Gasteiger partial charge in [0.05, 0.1) is 9.77 Å². The number of amides is 1. The van der Waals surface area contributed by atoms with Crippen LogP contribution in [0, 0.1) is 6.92 Å². The molecule has 0 aliphatic carbocycles. The Bertz CT molecular complexity index is 948. The lowest BCUT2D eigenvalue weighted by Gasteiger charge is -2.33. The maximum Gasteiger partial charge on any atom is 0.573 e. The summed E-state index contributed by atoms with van der Waals surface area (Å²) in [6.45, 7) is 2.60. The summed E-state index contributed by atoms with van der Waals surface area (Å²) in [5.74, 6) is -0.628. The first-order valence-electron chi connectivity index (χ1n) is 8.28. The van der Waals surface area contributed by atoms with Gasteiger partial charge in [-0.3, -0.25) is 4.79 Å². The fraction of sp³-hybridized carbons (Fsp3) is 0.353. The maximum atomic E-state index is 12.7. The molecule has 1 aliphatic heterocycles. The number of aryl methyl sites for hydroxylation is 1. The smallest absolute Gasteiger partial charge is 0.406 e. The van der Waals surface area contributed by atoms with Crippen molar-refractivity contribution >= 4 is 27.3 Å². The van der Waals surface area contributed by atoms with Gasteiger partial charge in [-0.15, -0.1) is 24.5 Å². The highest BCUT2D eigenvalue weighted by Gasteiger charge is 2.33. The number of nitrogens with zero attached hydrogens (tertiary/aromatic N) is 2. The number of hydrogen-bond donors (Lipinski definition) is 0. The zero-order valence-electron chi connectivity index (χ0n) is 14.8. The molecule has 11 heteroatoms. The first-order chi connectivity index (χ1) is 13.1.